The van der Waals surface area contributed by atoms with Crippen molar-refractivity contribution in [3.8, 4) is 0 Å². The van der Waals surface area contributed by atoms with Crippen molar-refractivity contribution in [2.75, 3.05) is 6.54 Å². The van der Waals surface area contributed by atoms with Crippen LogP contribution in [0.15, 0.2) is 23.0 Å². The molecule has 0 saturated carbocycles. The minimum absolute atomic E-state index is 0.109. The van der Waals surface area contributed by atoms with Crippen LogP contribution in [0.2, 0.25) is 0 Å². The molecule has 1 aromatic heterocycles. The summed E-state index contributed by atoms with van der Waals surface area (Å²) in [6.07, 6.45) is -0.583. The highest BCUT2D eigenvalue weighted by Gasteiger charge is 2.15. The molecule has 1 N–H and O–H groups in total. The van der Waals surface area contributed by atoms with Crippen molar-refractivity contribution in [2.45, 2.75) is 32.9 Å². The fourth-order valence-corrected chi connectivity index (χ4v) is 1.77. The van der Waals surface area contributed by atoms with E-state index in [2.05, 4.69) is 15.6 Å². The predicted molar refractivity (Wildman–Crippen MR) is 78.0 cm³/mol. The van der Waals surface area contributed by atoms with E-state index in [1.165, 1.54) is 12.1 Å². The standard InChI is InChI=1S/C14H17FN4O3/c1-14(2,3)22-13(21)16-6-7-19-12(20)10-8-9(15)4-5-11(10)17-18-19/h4-5,8H,6-7H2,1-3H3,(H,16,21). The highest BCUT2D eigenvalue weighted by molar-refractivity contribution is 5.76. The Bertz CT molecular complexity index is 752. The summed E-state index contributed by atoms with van der Waals surface area (Å²) in [4.78, 5) is 23.6. The van der Waals surface area contributed by atoms with Gasteiger partial charge in [-0.2, -0.15) is 0 Å². The molecule has 1 amide bonds. The number of carbonyl (C=O) groups is 1. The molecule has 2 aromatic rings. The van der Waals surface area contributed by atoms with Crippen LogP contribution in [0, 0.1) is 5.82 Å². The normalized spacial score (nSPS) is 11.5. The monoisotopic (exact) mass is 308 g/mol. The molecule has 0 atom stereocenters. The Kier molecular flexibility index (Phi) is 4.39. The second kappa shape index (κ2) is 6.08. The number of fused-ring (bicyclic) bond motifs is 1. The molecule has 1 aromatic carbocycles. The third-order valence-corrected chi connectivity index (χ3v) is 2.68. The largest absolute Gasteiger partial charge is 0.444 e. The van der Waals surface area contributed by atoms with Gasteiger partial charge in [0.2, 0.25) is 0 Å². The molecule has 7 nitrogen and oxygen atoms in total. The zero-order valence-corrected chi connectivity index (χ0v) is 12.6. The summed E-state index contributed by atoms with van der Waals surface area (Å²) < 4.78 is 19.3. The number of rotatable bonds is 3. The van der Waals surface area contributed by atoms with E-state index in [4.69, 9.17) is 4.74 Å². The second-order valence-corrected chi connectivity index (χ2v) is 5.71. The van der Waals surface area contributed by atoms with Gasteiger partial charge in [0.25, 0.3) is 5.56 Å². The van der Waals surface area contributed by atoms with Gasteiger partial charge in [0.05, 0.1) is 11.9 Å². The van der Waals surface area contributed by atoms with Crippen LogP contribution in [0.1, 0.15) is 20.8 Å². The molecule has 22 heavy (non-hydrogen) atoms. The number of carbonyl (C=O) groups excluding carboxylic acids is 1. The molecule has 0 saturated heterocycles. The maximum absolute atomic E-state index is 13.2. The van der Waals surface area contributed by atoms with E-state index >= 15 is 0 Å². The summed E-state index contributed by atoms with van der Waals surface area (Å²) in [6.45, 7) is 5.50. The maximum Gasteiger partial charge on any atom is 0.407 e. The Labute approximate surface area is 126 Å². The molecule has 0 aliphatic carbocycles. The minimum atomic E-state index is -0.596. The summed E-state index contributed by atoms with van der Waals surface area (Å²) in [5, 5.41) is 10.2. The maximum atomic E-state index is 13.2. The first-order chi connectivity index (χ1) is 10.3. The van der Waals surface area contributed by atoms with Crippen LogP contribution in [0.3, 0.4) is 0 Å². The summed E-state index contributed by atoms with van der Waals surface area (Å²) in [5.74, 6) is -0.518. The van der Waals surface area contributed by atoms with Crippen LogP contribution < -0.4 is 10.9 Å². The molecule has 118 valence electrons. The fraction of sp³-hybridized carbons (Fsp3) is 0.429. The van der Waals surface area contributed by atoms with E-state index < -0.39 is 23.1 Å². The molecular formula is C14H17FN4O3. The van der Waals surface area contributed by atoms with Crippen LogP contribution in [0.4, 0.5) is 9.18 Å². The molecule has 0 aliphatic rings. The number of alkyl carbamates (subject to hydrolysis) is 1. The van der Waals surface area contributed by atoms with Crippen LogP contribution >= 0.6 is 0 Å². The van der Waals surface area contributed by atoms with Gasteiger partial charge in [-0.05, 0) is 39.0 Å². The molecule has 1 heterocycles. The summed E-state index contributed by atoms with van der Waals surface area (Å²) in [6, 6.07) is 3.72. The van der Waals surface area contributed by atoms with Gasteiger partial charge in [-0.3, -0.25) is 4.79 Å². The lowest BCUT2D eigenvalue weighted by atomic mass is 10.2. The first kappa shape index (κ1) is 15.9. The number of hydrogen-bond donors (Lipinski definition) is 1. The number of halogens is 1. The third kappa shape index (κ3) is 4.00. The van der Waals surface area contributed by atoms with Gasteiger partial charge in [0.15, 0.2) is 0 Å². The lowest BCUT2D eigenvalue weighted by Crippen LogP contribution is -2.36. The number of ether oxygens (including phenoxy) is 1. The number of aromatic nitrogens is 3. The van der Waals surface area contributed by atoms with Crippen LogP contribution in [-0.4, -0.2) is 33.2 Å². The van der Waals surface area contributed by atoms with Crippen molar-refractivity contribution in [1.82, 2.24) is 20.3 Å². The van der Waals surface area contributed by atoms with Gasteiger partial charge in [-0.15, -0.1) is 5.10 Å². The first-order valence-electron chi connectivity index (χ1n) is 6.76. The van der Waals surface area contributed by atoms with Crippen molar-refractivity contribution in [1.29, 1.82) is 0 Å². The van der Waals surface area contributed by atoms with E-state index in [9.17, 15) is 14.0 Å². The van der Waals surface area contributed by atoms with E-state index in [0.717, 1.165) is 10.7 Å². The Hall–Kier alpha value is -2.51. The number of nitrogens with one attached hydrogen (secondary N) is 1. The van der Waals surface area contributed by atoms with Crippen LogP contribution in [0.25, 0.3) is 10.9 Å². The van der Waals surface area contributed by atoms with Crippen LogP contribution in [-0.2, 0) is 11.3 Å². The van der Waals surface area contributed by atoms with Crippen LogP contribution in [0.5, 0.6) is 0 Å². The molecule has 0 radical (unpaired) electrons. The topological polar surface area (TPSA) is 86.1 Å². The van der Waals surface area contributed by atoms with Gasteiger partial charge in [-0.1, -0.05) is 5.21 Å². The molecule has 8 heteroatoms. The van der Waals surface area contributed by atoms with Crippen molar-refractivity contribution in [3.63, 3.8) is 0 Å². The smallest absolute Gasteiger partial charge is 0.407 e. The molecule has 2 rings (SSSR count). The molecule has 0 fully saturated rings. The number of benzene rings is 1. The van der Waals surface area contributed by atoms with Crippen molar-refractivity contribution >= 4 is 17.0 Å². The molecule has 0 unspecified atom stereocenters. The average molecular weight is 308 g/mol. The Morgan fingerprint density at radius 3 is 2.82 bits per heavy atom. The Morgan fingerprint density at radius 2 is 2.14 bits per heavy atom. The highest BCUT2D eigenvalue weighted by atomic mass is 19.1. The Morgan fingerprint density at radius 1 is 1.41 bits per heavy atom. The van der Waals surface area contributed by atoms with Crippen molar-refractivity contribution in [2.24, 2.45) is 0 Å². The Balaban J connectivity index is 2.05. The zero-order valence-electron chi connectivity index (χ0n) is 12.6. The van der Waals surface area contributed by atoms with Crippen molar-refractivity contribution < 1.29 is 13.9 Å². The van der Waals surface area contributed by atoms with E-state index in [0.29, 0.717) is 5.52 Å². The minimum Gasteiger partial charge on any atom is -0.444 e. The van der Waals surface area contributed by atoms with Crippen molar-refractivity contribution in [3.05, 3.63) is 34.4 Å². The number of hydrogen-bond acceptors (Lipinski definition) is 5. The summed E-state index contributed by atoms with van der Waals surface area (Å²) >= 11 is 0. The summed E-state index contributed by atoms with van der Waals surface area (Å²) in [7, 11) is 0. The second-order valence-electron chi connectivity index (χ2n) is 5.71. The van der Waals surface area contributed by atoms with E-state index in [1.54, 1.807) is 20.8 Å². The quantitative estimate of drug-likeness (QED) is 0.927. The first-order valence-corrected chi connectivity index (χ1v) is 6.76. The van der Waals surface area contributed by atoms with E-state index in [-0.39, 0.29) is 18.5 Å². The molecule has 0 aliphatic heterocycles. The number of nitrogens with zero attached hydrogens (tertiary/aromatic N) is 3. The molecular weight excluding hydrogens is 291 g/mol. The molecule has 0 bridgehead atoms. The van der Waals surface area contributed by atoms with Gasteiger partial charge in [0.1, 0.15) is 16.9 Å². The van der Waals surface area contributed by atoms with E-state index in [1.807, 2.05) is 0 Å². The zero-order chi connectivity index (χ0) is 16.3. The number of amides is 1. The molecule has 0 spiro atoms. The van der Waals surface area contributed by atoms with Gasteiger partial charge in [-0.25, -0.2) is 13.9 Å². The highest BCUT2D eigenvalue weighted by Crippen LogP contribution is 2.08. The average Bonchev–Trinajstić information content (AvgIpc) is 2.40. The van der Waals surface area contributed by atoms with Gasteiger partial charge < -0.3 is 10.1 Å². The lowest BCUT2D eigenvalue weighted by Gasteiger charge is -2.19. The lowest BCUT2D eigenvalue weighted by molar-refractivity contribution is 0.0525. The predicted octanol–water partition coefficient (Wildman–Crippen LogP) is 1.46. The SMILES string of the molecule is CC(C)(C)OC(=O)NCCn1nnc2ccc(F)cc2c1=O. The van der Waals surface area contributed by atoms with Gasteiger partial charge >= 0.3 is 6.09 Å². The fourth-order valence-electron chi connectivity index (χ4n) is 1.77. The third-order valence-electron chi connectivity index (χ3n) is 2.68. The van der Waals surface area contributed by atoms with Gasteiger partial charge in [0, 0.05) is 6.54 Å². The summed E-state index contributed by atoms with van der Waals surface area (Å²) in [5.41, 5.74) is -0.737.